The van der Waals surface area contributed by atoms with Crippen molar-refractivity contribution < 1.29 is 23.7 Å². The van der Waals surface area contributed by atoms with Crippen LogP contribution in [0.4, 0.5) is 0 Å². The van der Waals surface area contributed by atoms with Gasteiger partial charge in [-0.1, -0.05) is 0 Å². The van der Waals surface area contributed by atoms with E-state index < -0.39 is 0 Å². The van der Waals surface area contributed by atoms with Crippen LogP contribution in [0.5, 0.6) is 17.2 Å². The molecule has 2 fully saturated rings. The van der Waals surface area contributed by atoms with Gasteiger partial charge < -0.3 is 23.8 Å². The number of benzene rings is 1. The van der Waals surface area contributed by atoms with Crippen LogP contribution in [0.3, 0.4) is 0 Å². The normalized spacial score (nSPS) is 20.3. The van der Waals surface area contributed by atoms with Gasteiger partial charge in [-0.15, -0.1) is 0 Å². The van der Waals surface area contributed by atoms with Gasteiger partial charge in [-0.25, -0.2) is 0 Å². The number of rotatable bonds is 5. The molecular weight excluding hydrogens is 336 g/mol. The molecule has 0 saturated carbocycles. The van der Waals surface area contributed by atoms with Gasteiger partial charge >= 0.3 is 0 Å². The number of hydrogen-bond acceptors (Lipinski definition) is 6. The second-order valence-corrected chi connectivity index (χ2v) is 6.95. The lowest BCUT2D eigenvalue weighted by Crippen LogP contribution is -2.64. The minimum atomic E-state index is -0.141. The minimum Gasteiger partial charge on any atom is -0.496 e. The molecule has 2 aliphatic heterocycles. The first-order chi connectivity index (χ1) is 12.5. The summed E-state index contributed by atoms with van der Waals surface area (Å²) >= 11 is 0. The molecule has 0 N–H and O–H groups in total. The summed E-state index contributed by atoms with van der Waals surface area (Å²) in [4.78, 5) is 16.7. The molecule has 1 spiro atoms. The van der Waals surface area contributed by atoms with Crippen LogP contribution in [-0.4, -0.2) is 75.9 Å². The van der Waals surface area contributed by atoms with Crippen LogP contribution in [-0.2, 0) is 16.1 Å². The van der Waals surface area contributed by atoms with E-state index in [-0.39, 0.29) is 11.4 Å². The summed E-state index contributed by atoms with van der Waals surface area (Å²) in [7, 11) is 6.78. The van der Waals surface area contributed by atoms with Crippen molar-refractivity contribution in [1.82, 2.24) is 9.80 Å². The Kier molecular flexibility index (Phi) is 5.58. The molecule has 0 unspecified atom stereocenters. The number of carbonyl (C=O) groups excluding carboxylic acids is 1. The highest BCUT2D eigenvalue weighted by atomic mass is 16.5. The van der Waals surface area contributed by atoms with Crippen molar-refractivity contribution in [2.75, 3.05) is 54.7 Å². The number of methoxy groups -OCH3 is 3. The van der Waals surface area contributed by atoms with Gasteiger partial charge in [0, 0.05) is 45.0 Å². The Bertz CT molecular complexity index is 658. The Morgan fingerprint density at radius 2 is 1.65 bits per heavy atom. The molecule has 144 valence electrons. The Balaban J connectivity index is 1.85. The van der Waals surface area contributed by atoms with Crippen LogP contribution >= 0.6 is 0 Å². The SMILES string of the molecule is COc1cc(OC)c(OC)cc1CN1CC(=O)N(C)C2(CCOCC2)C1. The molecule has 2 saturated heterocycles. The summed E-state index contributed by atoms with van der Waals surface area (Å²) in [5.74, 6) is 2.17. The number of amides is 1. The number of ether oxygens (including phenoxy) is 4. The highest BCUT2D eigenvalue weighted by Crippen LogP contribution is 2.37. The summed E-state index contributed by atoms with van der Waals surface area (Å²) in [6.07, 6.45) is 1.74. The molecule has 1 aromatic carbocycles. The molecule has 26 heavy (non-hydrogen) atoms. The smallest absolute Gasteiger partial charge is 0.237 e. The molecule has 0 bridgehead atoms. The number of hydrogen-bond donors (Lipinski definition) is 0. The Morgan fingerprint density at radius 1 is 1.04 bits per heavy atom. The third-order valence-corrected chi connectivity index (χ3v) is 5.57. The maximum absolute atomic E-state index is 12.6. The molecule has 2 heterocycles. The van der Waals surface area contributed by atoms with Crippen LogP contribution in [0.2, 0.25) is 0 Å². The van der Waals surface area contributed by atoms with Crippen molar-refractivity contribution in [3.63, 3.8) is 0 Å². The van der Waals surface area contributed by atoms with Crippen LogP contribution in [0, 0.1) is 0 Å². The summed E-state index contributed by atoms with van der Waals surface area (Å²) in [5, 5.41) is 0. The van der Waals surface area contributed by atoms with Gasteiger partial charge in [-0.2, -0.15) is 0 Å². The number of piperazine rings is 1. The topological polar surface area (TPSA) is 60.5 Å². The first-order valence-electron chi connectivity index (χ1n) is 8.88. The van der Waals surface area contributed by atoms with E-state index in [1.807, 2.05) is 24.1 Å². The lowest BCUT2D eigenvalue weighted by molar-refractivity contribution is -0.150. The molecule has 7 nitrogen and oxygen atoms in total. The average molecular weight is 364 g/mol. The predicted molar refractivity (Wildman–Crippen MR) is 96.9 cm³/mol. The number of nitrogens with zero attached hydrogens (tertiary/aromatic N) is 2. The lowest BCUT2D eigenvalue weighted by atomic mass is 9.85. The van der Waals surface area contributed by atoms with E-state index >= 15 is 0 Å². The van der Waals surface area contributed by atoms with Gasteiger partial charge in [-0.05, 0) is 18.9 Å². The fraction of sp³-hybridized carbons (Fsp3) is 0.632. The zero-order valence-electron chi connectivity index (χ0n) is 16.0. The third kappa shape index (κ3) is 3.46. The van der Waals surface area contributed by atoms with Crippen molar-refractivity contribution in [2.24, 2.45) is 0 Å². The van der Waals surface area contributed by atoms with Crippen molar-refractivity contribution in [3.05, 3.63) is 17.7 Å². The fourth-order valence-corrected chi connectivity index (χ4v) is 3.95. The van der Waals surface area contributed by atoms with E-state index in [1.54, 1.807) is 21.3 Å². The van der Waals surface area contributed by atoms with Crippen molar-refractivity contribution in [1.29, 1.82) is 0 Å². The lowest BCUT2D eigenvalue weighted by Gasteiger charge is -2.51. The largest absolute Gasteiger partial charge is 0.496 e. The van der Waals surface area contributed by atoms with Gasteiger partial charge in [0.15, 0.2) is 11.5 Å². The standard InChI is InChI=1S/C19H28N2O5/c1-20-18(22)12-21(13-19(20)5-7-26-8-6-19)11-14-9-16(24-3)17(25-4)10-15(14)23-2/h9-10H,5-8,11-13H2,1-4H3. The molecule has 0 radical (unpaired) electrons. The third-order valence-electron chi connectivity index (χ3n) is 5.57. The van der Waals surface area contributed by atoms with Crippen molar-refractivity contribution >= 4 is 5.91 Å². The molecule has 1 aromatic rings. The van der Waals surface area contributed by atoms with Crippen LogP contribution < -0.4 is 14.2 Å². The number of likely N-dealkylation sites (N-methyl/N-ethyl adjacent to an activating group) is 1. The van der Waals surface area contributed by atoms with Gasteiger partial charge in [0.05, 0.1) is 33.4 Å². The van der Waals surface area contributed by atoms with Crippen molar-refractivity contribution in [2.45, 2.75) is 24.9 Å². The van der Waals surface area contributed by atoms with Gasteiger partial charge in [0.25, 0.3) is 0 Å². The minimum absolute atomic E-state index is 0.141. The monoisotopic (exact) mass is 364 g/mol. The van der Waals surface area contributed by atoms with E-state index in [0.29, 0.717) is 37.8 Å². The number of carbonyl (C=O) groups is 1. The predicted octanol–water partition coefficient (Wildman–Crippen LogP) is 1.54. The molecule has 0 atom stereocenters. The second kappa shape index (κ2) is 7.72. The van der Waals surface area contributed by atoms with E-state index in [2.05, 4.69) is 4.90 Å². The molecule has 3 rings (SSSR count). The van der Waals surface area contributed by atoms with Crippen LogP contribution in [0.1, 0.15) is 18.4 Å². The molecule has 0 aromatic heterocycles. The zero-order chi connectivity index (χ0) is 18.7. The summed E-state index contributed by atoms with van der Waals surface area (Å²) in [6.45, 7) is 3.24. The quantitative estimate of drug-likeness (QED) is 0.790. The Morgan fingerprint density at radius 3 is 2.27 bits per heavy atom. The first-order valence-corrected chi connectivity index (χ1v) is 8.88. The molecule has 2 aliphatic rings. The highest BCUT2D eigenvalue weighted by molar-refractivity contribution is 5.80. The maximum atomic E-state index is 12.6. The van der Waals surface area contributed by atoms with Crippen LogP contribution in [0.25, 0.3) is 0 Å². The molecule has 7 heteroatoms. The zero-order valence-corrected chi connectivity index (χ0v) is 16.0. The Labute approximate surface area is 154 Å². The van der Waals surface area contributed by atoms with E-state index in [4.69, 9.17) is 18.9 Å². The van der Waals surface area contributed by atoms with E-state index in [9.17, 15) is 4.79 Å². The highest BCUT2D eigenvalue weighted by Gasteiger charge is 2.44. The van der Waals surface area contributed by atoms with Crippen molar-refractivity contribution in [3.8, 4) is 17.2 Å². The maximum Gasteiger partial charge on any atom is 0.237 e. The summed E-state index contributed by atoms with van der Waals surface area (Å²) in [5.41, 5.74) is 0.835. The second-order valence-electron chi connectivity index (χ2n) is 6.95. The summed E-state index contributed by atoms with van der Waals surface area (Å²) in [6, 6.07) is 3.76. The van der Waals surface area contributed by atoms with Gasteiger partial charge in [-0.3, -0.25) is 9.69 Å². The fourth-order valence-electron chi connectivity index (χ4n) is 3.95. The Hall–Kier alpha value is -1.99. The average Bonchev–Trinajstić information content (AvgIpc) is 2.66. The molecular formula is C19H28N2O5. The van der Waals surface area contributed by atoms with Gasteiger partial charge in [0.1, 0.15) is 5.75 Å². The van der Waals surface area contributed by atoms with Crippen LogP contribution in [0.15, 0.2) is 12.1 Å². The van der Waals surface area contributed by atoms with E-state index in [0.717, 1.165) is 30.7 Å². The molecule has 0 aliphatic carbocycles. The molecule has 1 amide bonds. The first kappa shape index (κ1) is 18.8. The summed E-state index contributed by atoms with van der Waals surface area (Å²) < 4.78 is 21.8. The van der Waals surface area contributed by atoms with Gasteiger partial charge in [0.2, 0.25) is 5.91 Å². The van der Waals surface area contributed by atoms with E-state index in [1.165, 1.54) is 0 Å².